The second-order valence-electron chi connectivity index (χ2n) is 4.81. The van der Waals surface area contributed by atoms with Crippen LogP contribution in [-0.2, 0) is 0 Å². The van der Waals surface area contributed by atoms with Crippen LogP contribution in [0.4, 0.5) is 14.9 Å². The van der Waals surface area contributed by atoms with Crippen molar-refractivity contribution in [3.8, 4) is 5.75 Å². The lowest BCUT2D eigenvalue weighted by Crippen LogP contribution is -2.35. The lowest BCUT2D eigenvalue weighted by atomic mass is 10.0. The van der Waals surface area contributed by atoms with Crippen LogP contribution in [0.25, 0.3) is 0 Å². The Morgan fingerprint density at radius 1 is 1.14 bits per heavy atom. The molecule has 108 valence electrons. The number of carbonyl (C=O) groups excluding carboxylic acids is 1. The Morgan fingerprint density at radius 2 is 1.90 bits per heavy atom. The summed E-state index contributed by atoms with van der Waals surface area (Å²) in [6.45, 7) is 0.543. The third kappa shape index (κ3) is 2.97. The molecule has 0 aliphatic carbocycles. The van der Waals surface area contributed by atoms with E-state index in [0.29, 0.717) is 13.0 Å². The van der Waals surface area contributed by atoms with Gasteiger partial charge in [-0.1, -0.05) is 30.3 Å². The number of fused-ring (bicyclic) bond motifs is 1. The van der Waals surface area contributed by atoms with Crippen molar-refractivity contribution in [3.63, 3.8) is 0 Å². The Labute approximate surface area is 121 Å². The summed E-state index contributed by atoms with van der Waals surface area (Å²) in [6.07, 6.45) is 0.682. The molecule has 0 radical (unpaired) electrons. The smallest absolute Gasteiger partial charge is 0.319 e. The van der Waals surface area contributed by atoms with E-state index in [0.717, 1.165) is 11.3 Å². The number of carbonyl (C=O) groups is 1. The molecule has 0 fully saturated rings. The number of benzene rings is 2. The molecule has 1 atom stereocenters. The zero-order valence-electron chi connectivity index (χ0n) is 11.3. The van der Waals surface area contributed by atoms with E-state index in [2.05, 4.69) is 10.6 Å². The standard InChI is InChI=1S/C16H15FN2O2/c17-12-6-2-3-7-14(12)19-16(20)18-13-9-10-21-15-8-4-1-5-11(13)15/h1-8,13H,9-10H2,(H2,18,19,20)/t13-/m1/s1. The van der Waals surface area contributed by atoms with E-state index in [4.69, 9.17) is 4.74 Å². The summed E-state index contributed by atoms with van der Waals surface area (Å²) >= 11 is 0. The van der Waals surface area contributed by atoms with E-state index in [-0.39, 0.29) is 11.7 Å². The van der Waals surface area contributed by atoms with Gasteiger partial charge in [-0.25, -0.2) is 9.18 Å². The highest BCUT2D eigenvalue weighted by Gasteiger charge is 2.22. The first kappa shape index (κ1) is 13.4. The fourth-order valence-electron chi connectivity index (χ4n) is 2.37. The van der Waals surface area contributed by atoms with Gasteiger partial charge in [-0.3, -0.25) is 0 Å². The van der Waals surface area contributed by atoms with Crippen LogP contribution in [0.1, 0.15) is 18.0 Å². The van der Waals surface area contributed by atoms with E-state index in [1.54, 1.807) is 12.1 Å². The van der Waals surface area contributed by atoms with Crippen LogP contribution in [0.15, 0.2) is 48.5 Å². The zero-order chi connectivity index (χ0) is 14.7. The monoisotopic (exact) mass is 286 g/mol. The van der Waals surface area contributed by atoms with Crippen molar-refractivity contribution < 1.29 is 13.9 Å². The lowest BCUT2D eigenvalue weighted by Gasteiger charge is -2.26. The molecule has 0 aromatic heterocycles. The van der Waals surface area contributed by atoms with Crippen molar-refractivity contribution in [2.45, 2.75) is 12.5 Å². The molecule has 1 aliphatic rings. The van der Waals surface area contributed by atoms with Crippen LogP contribution in [0.2, 0.25) is 0 Å². The molecule has 3 rings (SSSR count). The molecule has 1 aliphatic heterocycles. The summed E-state index contributed by atoms with van der Waals surface area (Å²) in [5, 5.41) is 5.38. The summed E-state index contributed by atoms with van der Waals surface area (Å²) in [7, 11) is 0. The first-order valence-electron chi connectivity index (χ1n) is 6.78. The molecule has 1 heterocycles. The van der Waals surface area contributed by atoms with Gasteiger partial charge >= 0.3 is 6.03 Å². The van der Waals surface area contributed by atoms with E-state index in [9.17, 15) is 9.18 Å². The van der Waals surface area contributed by atoms with Crippen LogP contribution in [-0.4, -0.2) is 12.6 Å². The zero-order valence-corrected chi connectivity index (χ0v) is 11.3. The number of urea groups is 1. The molecule has 2 amide bonds. The van der Waals surface area contributed by atoms with Gasteiger partial charge in [0.25, 0.3) is 0 Å². The van der Waals surface area contributed by atoms with Crippen molar-refractivity contribution in [2.24, 2.45) is 0 Å². The van der Waals surface area contributed by atoms with Crippen molar-refractivity contribution in [1.82, 2.24) is 5.32 Å². The molecular formula is C16H15FN2O2. The number of nitrogens with one attached hydrogen (secondary N) is 2. The molecule has 2 aromatic carbocycles. The minimum Gasteiger partial charge on any atom is -0.493 e. The van der Waals surface area contributed by atoms with Crippen molar-refractivity contribution in [3.05, 3.63) is 59.9 Å². The molecule has 2 aromatic rings. The Hall–Kier alpha value is -2.56. The molecule has 2 N–H and O–H groups in total. The van der Waals surface area contributed by atoms with Crippen LogP contribution >= 0.6 is 0 Å². The largest absolute Gasteiger partial charge is 0.493 e. The summed E-state index contributed by atoms with van der Waals surface area (Å²) in [5.41, 5.74) is 1.10. The summed E-state index contributed by atoms with van der Waals surface area (Å²) in [6, 6.07) is 13.1. The molecule has 5 heteroatoms. The Balaban J connectivity index is 1.70. The van der Waals surface area contributed by atoms with Gasteiger partial charge in [-0.2, -0.15) is 0 Å². The van der Waals surface area contributed by atoms with E-state index in [1.165, 1.54) is 12.1 Å². The quantitative estimate of drug-likeness (QED) is 0.888. The number of anilines is 1. The number of para-hydroxylation sites is 2. The fourth-order valence-corrected chi connectivity index (χ4v) is 2.37. The van der Waals surface area contributed by atoms with Crippen LogP contribution in [0.3, 0.4) is 0 Å². The van der Waals surface area contributed by atoms with Crippen LogP contribution < -0.4 is 15.4 Å². The Kier molecular flexibility index (Phi) is 3.73. The maximum Gasteiger partial charge on any atom is 0.319 e. The molecule has 0 bridgehead atoms. The van der Waals surface area contributed by atoms with E-state index < -0.39 is 11.8 Å². The number of rotatable bonds is 2. The maximum absolute atomic E-state index is 13.5. The number of ether oxygens (including phenoxy) is 1. The highest BCUT2D eigenvalue weighted by Crippen LogP contribution is 2.31. The molecule has 21 heavy (non-hydrogen) atoms. The predicted octanol–water partition coefficient (Wildman–Crippen LogP) is 3.47. The number of amides is 2. The SMILES string of the molecule is O=C(Nc1ccccc1F)N[C@@H]1CCOc2ccccc21. The van der Waals surface area contributed by atoms with Gasteiger partial charge in [-0.15, -0.1) is 0 Å². The van der Waals surface area contributed by atoms with Crippen LogP contribution in [0.5, 0.6) is 5.75 Å². The second-order valence-corrected chi connectivity index (χ2v) is 4.81. The molecule has 0 unspecified atom stereocenters. The van der Waals surface area contributed by atoms with Gasteiger partial charge in [0.05, 0.1) is 18.3 Å². The fraction of sp³-hybridized carbons (Fsp3) is 0.188. The number of halogens is 1. The average molecular weight is 286 g/mol. The first-order valence-corrected chi connectivity index (χ1v) is 6.78. The molecule has 4 nitrogen and oxygen atoms in total. The predicted molar refractivity (Wildman–Crippen MR) is 77.8 cm³/mol. The highest BCUT2D eigenvalue weighted by molar-refractivity contribution is 5.89. The third-order valence-electron chi connectivity index (χ3n) is 3.39. The van der Waals surface area contributed by atoms with Gasteiger partial charge < -0.3 is 15.4 Å². The van der Waals surface area contributed by atoms with Crippen LogP contribution in [0, 0.1) is 5.82 Å². The van der Waals surface area contributed by atoms with Crippen molar-refractivity contribution >= 4 is 11.7 Å². The first-order chi connectivity index (χ1) is 10.2. The number of hydrogen-bond donors (Lipinski definition) is 2. The Bertz CT molecular complexity index is 660. The highest BCUT2D eigenvalue weighted by atomic mass is 19.1. The van der Waals surface area contributed by atoms with Gasteiger partial charge in [0, 0.05) is 12.0 Å². The normalized spacial score (nSPS) is 16.5. The Morgan fingerprint density at radius 3 is 2.76 bits per heavy atom. The maximum atomic E-state index is 13.5. The van der Waals surface area contributed by atoms with Gasteiger partial charge in [0.15, 0.2) is 0 Å². The minimum atomic E-state index is -0.458. The van der Waals surface area contributed by atoms with Crippen molar-refractivity contribution in [2.75, 3.05) is 11.9 Å². The molecular weight excluding hydrogens is 271 g/mol. The van der Waals surface area contributed by atoms with Gasteiger partial charge in [0.2, 0.25) is 0 Å². The third-order valence-corrected chi connectivity index (χ3v) is 3.39. The topological polar surface area (TPSA) is 50.4 Å². The summed E-state index contributed by atoms with van der Waals surface area (Å²) in [5.74, 6) is 0.319. The lowest BCUT2D eigenvalue weighted by molar-refractivity contribution is 0.232. The van der Waals surface area contributed by atoms with Crippen molar-refractivity contribution in [1.29, 1.82) is 0 Å². The summed E-state index contributed by atoms with van der Waals surface area (Å²) in [4.78, 5) is 12.0. The van der Waals surface area contributed by atoms with Gasteiger partial charge in [-0.05, 0) is 18.2 Å². The van der Waals surface area contributed by atoms with Gasteiger partial charge in [0.1, 0.15) is 11.6 Å². The summed E-state index contributed by atoms with van der Waals surface area (Å²) < 4.78 is 19.0. The number of hydrogen-bond acceptors (Lipinski definition) is 2. The van der Waals surface area contributed by atoms with E-state index >= 15 is 0 Å². The molecule has 0 saturated heterocycles. The average Bonchev–Trinajstić information content (AvgIpc) is 2.50. The van der Waals surface area contributed by atoms with E-state index in [1.807, 2.05) is 24.3 Å². The second kappa shape index (κ2) is 5.83. The molecule has 0 spiro atoms. The molecule has 0 saturated carbocycles. The minimum absolute atomic E-state index is 0.137.